The van der Waals surface area contributed by atoms with Crippen LogP contribution in [0.4, 0.5) is 0 Å². The van der Waals surface area contributed by atoms with Crippen molar-refractivity contribution in [2.75, 3.05) is 0 Å². The highest BCUT2D eigenvalue weighted by molar-refractivity contribution is 5.83. The SMILES string of the molecule is CC(C)n1ncnc1C(=O)O. The molecule has 1 aromatic rings. The standard InChI is InChI=1S/C6H9N3O2/c1-4(2)9-5(6(10)11)7-3-8-9/h3-4H,1-2H3,(H,10,11). The predicted molar refractivity (Wildman–Crippen MR) is 37.4 cm³/mol. The second-order valence-electron chi connectivity index (χ2n) is 2.43. The first-order valence-corrected chi connectivity index (χ1v) is 3.25. The summed E-state index contributed by atoms with van der Waals surface area (Å²) in [5.41, 5.74) is 0. The average Bonchev–Trinajstić information content (AvgIpc) is 2.32. The number of hydrogen-bond donors (Lipinski definition) is 1. The summed E-state index contributed by atoms with van der Waals surface area (Å²) in [5, 5.41) is 12.3. The third-order valence-corrected chi connectivity index (χ3v) is 1.25. The molecule has 0 aliphatic rings. The molecule has 0 saturated heterocycles. The average molecular weight is 155 g/mol. The van der Waals surface area contributed by atoms with Gasteiger partial charge < -0.3 is 5.11 Å². The summed E-state index contributed by atoms with van der Waals surface area (Å²) in [6.45, 7) is 3.70. The zero-order valence-corrected chi connectivity index (χ0v) is 6.35. The van der Waals surface area contributed by atoms with Crippen molar-refractivity contribution in [3.05, 3.63) is 12.2 Å². The molecule has 0 radical (unpaired) electrons. The number of carbonyl (C=O) groups is 1. The Labute approximate surface area is 63.7 Å². The lowest BCUT2D eigenvalue weighted by Crippen LogP contribution is -2.12. The Hall–Kier alpha value is -1.39. The smallest absolute Gasteiger partial charge is 0.373 e. The van der Waals surface area contributed by atoms with Crippen molar-refractivity contribution in [3.63, 3.8) is 0 Å². The number of carboxylic acid groups (broad SMARTS) is 1. The first kappa shape index (κ1) is 7.71. The van der Waals surface area contributed by atoms with Crippen molar-refractivity contribution >= 4 is 5.97 Å². The lowest BCUT2D eigenvalue weighted by Gasteiger charge is -2.04. The van der Waals surface area contributed by atoms with Crippen LogP contribution in [-0.4, -0.2) is 25.8 Å². The number of hydrogen-bond acceptors (Lipinski definition) is 3. The van der Waals surface area contributed by atoms with Crippen LogP contribution >= 0.6 is 0 Å². The Kier molecular flexibility index (Phi) is 1.89. The summed E-state index contributed by atoms with van der Waals surface area (Å²) < 4.78 is 1.36. The molecular weight excluding hydrogens is 146 g/mol. The summed E-state index contributed by atoms with van der Waals surface area (Å²) >= 11 is 0. The molecule has 0 fully saturated rings. The molecule has 11 heavy (non-hydrogen) atoms. The maximum Gasteiger partial charge on any atom is 0.373 e. The Bertz CT molecular complexity index is 267. The largest absolute Gasteiger partial charge is 0.475 e. The van der Waals surface area contributed by atoms with Gasteiger partial charge in [0.1, 0.15) is 6.33 Å². The van der Waals surface area contributed by atoms with E-state index in [-0.39, 0.29) is 11.9 Å². The van der Waals surface area contributed by atoms with Gasteiger partial charge in [-0.25, -0.2) is 14.5 Å². The van der Waals surface area contributed by atoms with E-state index in [4.69, 9.17) is 5.11 Å². The fraction of sp³-hybridized carbons (Fsp3) is 0.500. The minimum Gasteiger partial charge on any atom is -0.475 e. The fourth-order valence-electron chi connectivity index (χ4n) is 0.781. The van der Waals surface area contributed by atoms with E-state index in [1.165, 1.54) is 11.0 Å². The van der Waals surface area contributed by atoms with E-state index in [0.717, 1.165) is 0 Å². The molecule has 0 bridgehead atoms. The summed E-state index contributed by atoms with van der Waals surface area (Å²) in [6.07, 6.45) is 1.24. The first-order valence-electron chi connectivity index (χ1n) is 3.25. The van der Waals surface area contributed by atoms with Crippen molar-refractivity contribution in [2.45, 2.75) is 19.9 Å². The van der Waals surface area contributed by atoms with Crippen LogP contribution in [0.15, 0.2) is 6.33 Å². The molecule has 1 heterocycles. The van der Waals surface area contributed by atoms with Crippen molar-refractivity contribution in [2.24, 2.45) is 0 Å². The van der Waals surface area contributed by atoms with Gasteiger partial charge in [-0.15, -0.1) is 0 Å². The minimum atomic E-state index is -1.05. The number of nitrogens with zero attached hydrogens (tertiary/aromatic N) is 3. The molecule has 0 aliphatic heterocycles. The Morgan fingerprint density at radius 1 is 1.73 bits per heavy atom. The quantitative estimate of drug-likeness (QED) is 0.677. The van der Waals surface area contributed by atoms with Gasteiger partial charge in [0.25, 0.3) is 0 Å². The van der Waals surface area contributed by atoms with Crippen LogP contribution in [0.2, 0.25) is 0 Å². The number of aromatic nitrogens is 3. The minimum absolute atomic E-state index is 0.0139. The van der Waals surface area contributed by atoms with Crippen molar-refractivity contribution in [1.82, 2.24) is 14.8 Å². The molecule has 0 unspecified atom stereocenters. The Morgan fingerprint density at radius 3 is 2.73 bits per heavy atom. The van der Waals surface area contributed by atoms with Gasteiger partial charge in [-0.1, -0.05) is 0 Å². The van der Waals surface area contributed by atoms with E-state index in [0.29, 0.717) is 0 Å². The van der Waals surface area contributed by atoms with Crippen LogP contribution in [0.1, 0.15) is 30.5 Å². The van der Waals surface area contributed by atoms with E-state index in [1.54, 1.807) is 0 Å². The van der Waals surface area contributed by atoms with E-state index in [1.807, 2.05) is 13.8 Å². The molecule has 0 amide bonds. The van der Waals surface area contributed by atoms with Gasteiger partial charge in [0.05, 0.1) is 0 Å². The molecule has 60 valence electrons. The fourth-order valence-corrected chi connectivity index (χ4v) is 0.781. The molecule has 1 aromatic heterocycles. The lowest BCUT2D eigenvalue weighted by atomic mass is 10.4. The topological polar surface area (TPSA) is 68.0 Å². The second kappa shape index (κ2) is 2.69. The van der Waals surface area contributed by atoms with Gasteiger partial charge in [0.2, 0.25) is 5.82 Å². The molecular formula is C6H9N3O2. The van der Waals surface area contributed by atoms with E-state index < -0.39 is 5.97 Å². The Balaban J connectivity index is 3.06. The van der Waals surface area contributed by atoms with Crippen LogP contribution in [0.25, 0.3) is 0 Å². The van der Waals surface area contributed by atoms with Crippen molar-refractivity contribution in [1.29, 1.82) is 0 Å². The molecule has 1 N–H and O–H groups in total. The summed E-state index contributed by atoms with van der Waals surface area (Å²) in [5.74, 6) is -1.06. The van der Waals surface area contributed by atoms with Crippen LogP contribution < -0.4 is 0 Å². The van der Waals surface area contributed by atoms with Gasteiger partial charge in [0.15, 0.2) is 0 Å². The molecule has 1 rings (SSSR count). The maximum absolute atomic E-state index is 10.5. The van der Waals surface area contributed by atoms with Crippen LogP contribution in [-0.2, 0) is 0 Å². The predicted octanol–water partition coefficient (Wildman–Crippen LogP) is 0.557. The third-order valence-electron chi connectivity index (χ3n) is 1.25. The van der Waals surface area contributed by atoms with Crippen molar-refractivity contribution < 1.29 is 9.90 Å². The van der Waals surface area contributed by atoms with Crippen LogP contribution in [0.3, 0.4) is 0 Å². The highest BCUT2D eigenvalue weighted by atomic mass is 16.4. The monoisotopic (exact) mass is 155 g/mol. The molecule has 0 spiro atoms. The van der Waals surface area contributed by atoms with Gasteiger partial charge in [0, 0.05) is 6.04 Å². The molecule has 0 saturated carbocycles. The maximum atomic E-state index is 10.5. The Morgan fingerprint density at radius 2 is 2.36 bits per heavy atom. The van der Waals surface area contributed by atoms with Crippen molar-refractivity contribution in [3.8, 4) is 0 Å². The first-order chi connectivity index (χ1) is 5.13. The molecule has 5 nitrogen and oxygen atoms in total. The third kappa shape index (κ3) is 1.36. The number of rotatable bonds is 2. The zero-order chi connectivity index (χ0) is 8.43. The normalized spacial score (nSPS) is 10.5. The number of carboxylic acids is 1. The van der Waals surface area contributed by atoms with Gasteiger partial charge in [-0.05, 0) is 13.8 Å². The van der Waals surface area contributed by atoms with E-state index in [2.05, 4.69) is 10.1 Å². The highest BCUT2D eigenvalue weighted by Gasteiger charge is 2.13. The molecule has 0 aromatic carbocycles. The highest BCUT2D eigenvalue weighted by Crippen LogP contribution is 2.03. The lowest BCUT2D eigenvalue weighted by molar-refractivity contribution is 0.0674. The zero-order valence-electron chi connectivity index (χ0n) is 6.35. The summed E-state index contributed by atoms with van der Waals surface area (Å²) in [7, 11) is 0. The van der Waals surface area contributed by atoms with E-state index >= 15 is 0 Å². The van der Waals surface area contributed by atoms with Gasteiger partial charge in [-0.2, -0.15) is 5.10 Å². The molecule has 0 aliphatic carbocycles. The molecule has 5 heteroatoms. The van der Waals surface area contributed by atoms with Gasteiger partial charge in [-0.3, -0.25) is 0 Å². The van der Waals surface area contributed by atoms with Crippen LogP contribution in [0.5, 0.6) is 0 Å². The van der Waals surface area contributed by atoms with Crippen LogP contribution in [0, 0.1) is 0 Å². The van der Waals surface area contributed by atoms with E-state index in [9.17, 15) is 4.79 Å². The number of aromatic carboxylic acids is 1. The second-order valence-corrected chi connectivity index (χ2v) is 2.43. The summed E-state index contributed by atoms with van der Waals surface area (Å²) in [4.78, 5) is 14.1. The molecule has 0 atom stereocenters. The summed E-state index contributed by atoms with van der Waals surface area (Å²) in [6, 6.07) is 0.0311. The van der Waals surface area contributed by atoms with Gasteiger partial charge >= 0.3 is 5.97 Å².